The topological polar surface area (TPSA) is 64.4 Å². The second-order valence-corrected chi connectivity index (χ2v) is 9.24. The number of aromatic nitrogens is 2. The Labute approximate surface area is 200 Å². The molecule has 1 saturated heterocycles. The van der Waals surface area contributed by atoms with Crippen LogP contribution < -0.4 is 4.74 Å². The second kappa shape index (κ2) is 9.84. The van der Waals surface area contributed by atoms with Gasteiger partial charge < -0.3 is 9.64 Å². The summed E-state index contributed by atoms with van der Waals surface area (Å²) in [6, 6.07) is 17.4. The number of likely N-dealkylation sites (tertiary alicyclic amines) is 1. The van der Waals surface area contributed by atoms with Crippen LogP contribution in [-0.4, -0.2) is 46.6 Å². The summed E-state index contributed by atoms with van der Waals surface area (Å²) in [4.78, 5) is 28.5. The highest BCUT2D eigenvalue weighted by Gasteiger charge is 2.32. The molecule has 3 aromatic rings. The number of fused-ring (bicyclic) bond motifs is 1. The minimum atomic E-state index is -0.0589. The van der Waals surface area contributed by atoms with E-state index in [-0.39, 0.29) is 17.6 Å². The summed E-state index contributed by atoms with van der Waals surface area (Å²) < 4.78 is 7.17. The Morgan fingerprint density at radius 1 is 0.912 bits per heavy atom. The summed E-state index contributed by atoms with van der Waals surface area (Å²) in [7, 11) is 1.62. The molecule has 176 valence electrons. The molecule has 0 N–H and O–H groups in total. The van der Waals surface area contributed by atoms with Crippen LogP contribution in [0.5, 0.6) is 5.75 Å². The molecule has 1 aromatic heterocycles. The van der Waals surface area contributed by atoms with Gasteiger partial charge in [-0.25, -0.2) is 4.68 Å². The second-order valence-electron chi connectivity index (χ2n) is 9.24. The van der Waals surface area contributed by atoms with Gasteiger partial charge in [0.2, 0.25) is 0 Å². The Kier molecular flexibility index (Phi) is 6.48. The van der Waals surface area contributed by atoms with Crippen LogP contribution in [0.15, 0.2) is 54.6 Å². The van der Waals surface area contributed by atoms with Crippen molar-refractivity contribution >= 4 is 11.7 Å². The van der Waals surface area contributed by atoms with Gasteiger partial charge in [-0.15, -0.1) is 0 Å². The average Bonchev–Trinajstić information content (AvgIpc) is 3.09. The number of ketones is 1. The average molecular weight is 458 g/mol. The molecular formula is C28H31N3O3. The largest absolute Gasteiger partial charge is 0.497 e. The molecule has 1 aliphatic heterocycles. The third-order valence-corrected chi connectivity index (χ3v) is 7.16. The molecule has 0 spiro atoms. The maximum absolute atomic E-state index is 13.6. The van der Waals surface area contributed by atoms with Gasteiger partial charge in [0.15, 0.2) is 11.5 Å². The highest BCUT2D eigenvalue weighted by molar-refractivity contribution is 5.98. The van der Waals surface area contributed by atoms with Crippen LogP contribution in [0.3, 0.4) is 0 Å². The number of carbonyl (C=O) groups is 2. The fraction of sp³-hybridized carbons (Fsp3) is 0.393. The first-order valence-corrected chi connectivity index (χ1v) is 12.3. The molecule has 0 unspecified atom stereocenters. The van der Waals surface area contributed by atoms with Crippen LogP contribution in [0.25, 0.3) is 5.69 Å². The summed E-state index contributed by atoms with van der Waals surface area (Å²) in [6.07, 6.45) is 6.59. The van der Waals surface area contributed by atoms with E-state index in [1.165, 1.54) is 12.1 Å². The Morgan fingerprint density at radius 2 is 1.62 bits per heavy atom. The number of amides is 1. The Balaban J connectivity index is 1.32. The lowest BCUT2D eigenvalue weighted by Gasteiger charge is -2.31. The van der Waals surface area contributed by atoms with Crippen LogP contribution in [0.1, 0.15) is 64.2 Å². The van der Waals surface area contributed by atoms with Crippen molar-refractivity contribution in [3.05, 3.63) is 77.1 Å². The first kappa shape index (κ1) is 22.4. The standard InChI is InChI=1S/C28H31N3O3/c1-34-23-14-12-20(13-15-23)27(32)21-16-18-30(19-17-21)28(33)26-24-10-6-3-7-11-25(24)31(29-26)22-8-4-2-5-9-22/h2,4-5,8-9,12-15,21H,3,6-7,10-11,16-19H2,1H3. The van der Waals surface area contributed by atoms with E-state index < -0.39 is 0 Å². The molecule has 1 amide bonds. The van der Waals surface area contributed by atoms with Crippen molar-refractivity contribution in [3.63, 3.8) is 0 Å². The molecule has 0 saturated carbocycles. The molecule has 5 rings (SSSR count). The van der Waals surface area contributed by atoms with Crippen LogP contribution in [-0.2, 0) is 12.8 Å². The van der Waals surface area contributed by atoms with Gasteiger partial charge >= 0.3 is 0 Å². The van der Waals surface area contributed by atoms with Crippen LogP contribution in [0.4, 0.5) is 0 Å². The summed E-state index contributed by atoms with van der Waals surface area (Å²) in [5.74, 6) is 0.836. The quantitative estimate of drug-likeness (QED) is 0.404. The number of methoxy groups -OCH3 is 1. The molecule has 6 nitrogen and oxygen atoms in total. The number of rotatable bonds is 5. The highest BCUT2D eigenvalue weighted by atomic mass is 16.5. The predicted octanol–water partition coefficient (Wildman–Crippen LogP) is 4.88. The zero-order valence-electron chi connectivity index (χ0n) is 19.7. The van der Waals surface area contributed by atoms with Crippen LogP contribution in [0, 0.1) is 5.92 Å². The van der Waals surface area contributed by atoms with E-state index in [1.54, 1.807) is 7.11 Å². The van der Waals surface area contributed by atoms with Gasteiger partial charge in [0.05, 0.1) is 12.8 Å². The number of nitrogens with zero attached hydrogens (tertiary/aromatic N) is 3. The van der Waals surface area contributed by atoms with E-state index >= 15 is 0 Å². The predicted molar refractivity (Wildman–Crippen MR) is 131 cm³/mol. The Hall–Kier alpha value is -3.41. The molecule has 0 bridgehead atoms. The lowest BCUT2D eigenvalue weighted by Crippen LogP contribution is -2.40. The normalized spacial score (nSPS) is 16.6. The van der Waals surface area contributed by atoms with E-state index in [2.05, 4.69) is 0 Å². The number of hydrogen-bond acceptors (Lipinski definition) is 4. The van der Waals surface area contributed by atoms with E-state index in [0.717, 1.165) is 42.7 Å². The minimum Gasteiger partial charge on any atom is -0.497 e. The Morgan fingerprint density at radius 3 is 2.32 bits per heavy atom. The molecule has 34 heavy (non-hydrogen) atoms. The third kappa shape index (κ3) is 4.37. The fourth-order valence-corrected chi connectivity index (χ4v) is 5.22. The zero-order chi connectivity index (χ0) is 23.5. The first-order valence-electron chi connectivity index (χ1n) is 12.3. The van der Waals surface area contributed by atoms with Crippen LogP contribution in [0.2, 0.25) is 0 Å². The summed E-state index contributed by atoms with van der Waals surface area (Å²) in [6.45, 7) is 1.16. The van der Waals surface area contributed by atoms with Gasteiger partial charge in [0, 0.05) is 35.8 Å². The maximum atomic E-state index is 13.6. The van der Waals surface area contributed by atoms with Crippen molar-refractivity contribution in [2.45, 2.75) is 44.9 Å². The van der Waals surface area contributed by atoms with Gasteiger partial charge in [0.25, 0.3) is 5.91 Å². The van der Waals surface area contributed by atoms with E-state index in [4.69, 9.17) is 9.84 Å². The van der Waals surface area contributed by atoms with E-state index in [9.17, 15) is 9.59 Å². The van der Waals surface area contributed by atoms with E-state index in [0.29, 0.717) is 37.2 Å². The number of ether oxygens (including phenoxy) is 1. The third-order valence-electron chi connectivity index (χ3n) is 7.16. The molecule has 2 heterocycles. The van der Waals surface area contributed by atoms with Crippen LogP contribution >= 0.6 is 0 Å². The number of piperidine rings is 1. The lowest BCUT2D eigenvalue weighted by atomic mass is 9.88. The van der Waals surface area contributed by atoms with Gasteiger partial charge in [-0.3, -0.25) is 9.59 Å². The first-order chi connectivity index (χ1) is 16.7. The maximum Gasteiger partial charge on any atom is 0.274 e. The molecule has 0 atom stereocenters. The van der Waals surface area contributed by atoms with Gasteiger partial charge in [-0.1, -0.05) is 24.6 Å². The van der Waals surface area contributed by atoms with Crippen molar-refractivity contribution in [1.29, 1.82) is 0 Å². The molecule has 6 heteroatoms. The van der Waals surface area contributed by atoms with E-state index in [1.807, 2.05) is 64.2 Å². The SMILES string of the molecule is COc1ccc(C(=O)C2CCN(C(=O)c3nn(-c4ccccc4)c4c3CCCCC4)CC2)cc1. The number of carbonyl (C=O) groups excluding carboxylic acids is 2. The number of hydrogen-bond donors (Lipinski definition) is 0. The molecule has 1 fully saturated rings. The smallest absolute Gasteiger partial charge is 0.274 e. The lowest BCUT2D eigenvalue weighted by molar-refractivity contribution is 0.0644. The Bertz CT molecular complexity index is 1160. The minimum absolute atomic E-state index is 0.00294. The number of para-hydroxylation sites is 1. The van der Waals surface area contributed by atoms with Crippen molar-refractivity contribution in [2.75, 3.05) is 20.2 Å². The summed E-state index contributed by atoms with van der Waals surface area (Å²) in [5.41, 5.74) is 4.60. The van der Waals surface area contributed by atoms with Crippen molar-refractivity contribution in [2.24, 2.45) is 5.92 Å². The monoisotopic (exact) mass is 457 g/mol. The molecule has 0 radical (unpaired) electrons. The van der Waals surface area contributed by atoms with Gasteiger partial charge in [-0.2, -0.15) is 5.10 Å². The van der Waals surface area contributed by atoms with Gasteiger partial charge in [-0.05, 0) is 74.9 Å². The molecule has 1 aliphatic carbocycles. The number of Topliss-reactive ketones (excluding diaryl/α,β-unsaturated/α-hetero) is 1. The summed E-state index contributed by atoms with van der Waals surface area (Å²) in [5, 5.41) is 4.84. The highest BCUT2D eigenvalue weighted by Crippen LogP contribution is 2.29. The molecule has 2 aliphatic rings. The molecular weight excluding hydrogens is 426 g/mol. The number of benzene rings is 2. The van der Waals surface area contributed by atoms with Crippen molar-refractivity contribution < 1.29 is 14.3 Å². The van der Waals surface area contributed by atoms with Crippen molar-refractivity contribution in [3.8, 4) is 11.4 Å². The zero-order valence-corrected chi connectivity index (χ0v) is 19.7. The van der Waals surface area contributed by atoms with Crippen molar-refractivity contribution in [1.82, 2.24) is 14.7 Å². The molecule has 2 aromatic carbocycles. The van der Waals surface area contributed by atoms with Gasteiger partial charge in [0.1, 0.15) is 5.75 Å². The summed E-state index contributed by atoms with van der Waals surface area (Å²) >= 11 is 0. The fourth-order valence-electron chi connectivity index (χ4n) is 5.22.